The summed E-state index contributed by atoms with van der Waals surface area (Å²) >= 11 is 4.98. The van der Waals surface area contributed by atoms with Crippen molar-refractivity contribution in [1.82, 2.24) is 43.9 Å². The Hall–Kier alpha value is -6.59. The van der Waals surface area contributed by atoms with Crippen molar-refractivity contribution in [2.75, 3.05) is 94.0 Å². The van der Waals surface area contributed by atoms with Crippen molar-refractivity contribution in [3.05, 3.63) is 61.2 Å². The average molecular weight is 1210 g/mol. The number of nitrogens with zero attached hydrogens (tertiary/aromatic N) is 9. The van der Waals surface area contributed by atoms with E-state index in [0.717, 1.165) is 160 Å². The van der Waals surface area contributed by atoms with E-state index in [9.17, 15) is 9.59 Å². The number of nitrogens with one attached hydrogen (secondary N) is 4. The predicted molar refractivity (Wildman–Crippen MR) is 340 cm³/mol. The molecule has 4 fully saturated rings. The highest BCUT2D eigenvalue weighted by atomic mass is 35.5. The highest BCUT2D eigenvalue weighted by Crippen LogP contribution is 2.34. The molecule has 2 saturated carbocycles. The zero-order valence-corrected chi connectivity index (χ0v) is 52.3. The molecule has 4 aromatic heterocycles. The zero-order chi connectivity index (χ0) is 60.7. The first-order valence-corrected chi connectivity index (χ1v) is 32.1. The number of halogens is 1. The number of carbonyl (C=O) groups is 2. The maximum atomic E-state index is 11.2. The van der Waals surface area contributed by atoms with E-state index in [-0.39, 0.29) is 24.3 Å². The molecule has 23 heteroatoms. The van der Waals surface area contributed by atoms with Gasteiger partial charge in [-0.15, -0.1) is 11.6 Å². The van der Waals surface area contributed by atoms with Gasteiger partial charge in [-0.05, 0) is 165 Å². The van der Waals surface area contributed by atoms with Crippen LogP contribution in [-0.2, 0) is 28.5 Å². The van der Waals surface area contributed by atoms with Crippen LogP contribution >= 0.6 is 11.6 Å². The second-order valence-electron chi connectivity index (χ2n) is 21.9. The first kappa shape index (κ1) is 66.9. The molecular weight excluding hydrogens is 1120 g/mol. The van der Waals surface area contributed by atoms with Crippen LogP contribution < -0.4 is 36.5 Å². The van der Waals surface area contributed by atoms with Crippen LogP contribution in [0, 0.1) is 0 Å². The van der Waals surface area contributed by atoms with E-state index in [0.29, 0.717) is 50.2 Å². The van der Waals surface area contributed by atoms with Crippen molar-refractivity contribution in [3.63, 3.8) is 0 Å². The first-order valence-electron chi connectivity index (χ1n) is 31.5. The molecule has 0 spiro atoms. The summed E-state index contributed by atoms with van der Waals surface area (Å²) in [6, 6.07) is 16.5. The fraction of sp³-hybridized carbons (Fsp3) is 0.619. The van der Waals surface area contributed by atoms with Crippen LogP contribution in [0.2, 0.25) is 0 Å². The van der Waals surface area contributed by atoms with Gasteiger partial charge in [0.05, 0.1) is 40.1 Å². The zero-order valence-electron chi connectivity index (χ0n) is 51.5. The van der Waals surface area contributed by atoms with Crippen molar-refractivity contribution in [2.24, 2.45) is 5.73 Å². The molecule has 2 aromatic carbocycles. The molecular formula is C63H95ClN14O8. The number of ether oxygens (including phenoxy) is 6. The first-order chi connectivity index (χ1) is 42.1. The van der Waals surface area contributed by atoms with Gasteiger partial charge in [-0.1, -0.05) is 59.3 Å². The summed E-state index contributed by atoms with van der Waals surface area (Å²) in [5, 5.41) is 14.1. The lowest BCUT2D eigenvalue weighted by Gasteiger charge is -2.25. The van der Waals surface area contributed by atoms with Crippen molar-refractivity contribution in [3.8, 4) is 11.5 Å². The molecule has 2 atom stereocenters. The number of nitrogens with two attached hydrogens (primary N) is 1. The van der Waals surface area contributed by atoms with E-state index in [4.69, 9.17) is 66.2 Å². The van der Waals surface area contributed by atoms with Gasteiger partial charge in [0.2, 0.25) is 11.9 Å². The second kappa shape index (κ2) is 37.2. The Bertz CT molecular complexity index is 2870. The Morgan fingerprint density at radius 1 is 0.581 bits per heavy atom. The molecule has 2 aliphatic carbocycles. The molecule has 4 aliphatic rings. The number of anilines is 6. The second-order valence-corrected chi connectivity index (χ2v) is 22.2. The third kappa shape index (κ3) is 21.4. The van der Waals surface area contributed by atoms with E-state index in [1.54, 1.807) is 0 Å². The molecule has 6 aromatic rings. The summed E-state index contributed by atoms with van der Waals surface area (Å²) in [7, 11) is 2.72. The van der Waals surface area contributed by atoms with Gasteiger partial charge in [0.1, 0.15) is 29.8 Å². The minimum Gasteiger partial charge on any atom is -0.494 e. The third-order valence-electron chi connectivity index (χ3n) is 15.7. The van der Waals surface area contributed by atoms with Crippen molar-refractivity contribution >= 4 is 80.8 Å². The van der Waals surface area contributed by atoms with Crippen LogP contribution in [0.3, 0.4) is 0 Å². The van der Waals surface area contributed by atoms with Crippen LogP contribution in [0.25, 0.3) is 22.3 Å². The van der Waals surface area contributed by atoms with Crippen molar-refractivity contribution in [2.45, 2.75) is 180 Å². The van der Waals surface area contributed by atoms with E-state index in [2.05, 4.69) is 65.5 Å². The number of rotatable bonds is 25. The number of hydrogen-bond donors (Lipinski definition) is 5. The summed E-state index contributed by atoms with van der Waals surface area (Å²) < 4.78 is 36.6. The molecule has 86 heavy (non-hydrogen) atoms. The molecule has 0 amide bonds. The fourth-order valence-electron chi connectivity index (χ4n) is 10.7. The summed E-state index contributed by atoms with van der Waals surface area (Å²) in [5.41, 5.74) is 10.5. The number of methoxy groups -OCH3 is 2. The number of carbonyl (C=O) groups excluding carboxylic acids is 2. The Morgan fingerprint density at radius 3 is 1.40 bits per heavy atom. The van der Waals surface area contributed by atoms with E-state index >= 15 is 0 Å². The fourth-order valence-corrected chi connectivity index (χ4v) is 10.8. The molecule has 2 unspecified atom stereocenters. The number of alkyl halides is 1. The smallest absolute Gasteiger partial charge is 0.320 e. The summed E-state index contributed by atoms with van der Waals surface area (Å²) in [6.45, 7) is 13.5. The Kier molecular flexibility index (Phi) is 28.9. The topological polar surface area (TPSA) is 254 Å². The van der Waals surface area contributed by atoms with Crippen molar-refractivity contribution in [1.29, 1.82) is 0 Å². The highest BCUT2D eigenvalue weighted by molar-refractivity contribution is 6.26. The number of benzene rings is 2. The van der Waals surface area contributed by atoms with Crippen LogP contribution in [0.1, 0.15) is 168 Å². The largest absolute Gasteiger partial charge is 0.494 e. The number of aromatic nitrogens is 8. The lowest BCUT2D eigenvalue weighted by molar-refractivity contribution is -0.141. The average Bonchev–Trinajstić information content (AvgIpc) is 4.00. The summed E-state index contributed by atoms with van der Waals surface area (Å²) in [6.07, 6.45) is 26.1. The lowest BCUT2D eigenvalue weighted by Crippen LogP contribution is -2.23. The molecule has 0 bridgehead atoms. The van der Waals surface area contributed by atoms with Gasteiger partial charge in [-0.25, -0.2) is 9.97 Å². The van der Waals surface area contributed by atoms with Crippen molar-refractivity contribution < 1.29 is 38.0 Å². The van der Waals surface area contributed by atoms with Gasteiger partial charge in [0.25, 0.3) is 0 Å². The maximum absolute atomic E-state index is 11.2. The molecule has 6 heterocycles. The normalized spacial score (nSPS) is 17.2. The molecule has 6 N–H and O–H groups in total. The Labute approximate surface area is 513 Å². The monoisotopic (exact) mass is 1210 g/mol. The number of imidazole rings is 2. The van der Waals surface area contributed by atoms with Gasteiger partial charge in [0.15, 0.2) is 34.0 Å². The molecule has 22 nitrogen and oxygen atoms in total. The summed E-state index contributed by atoms with van der Waals surface area (Å²) in [5.74, 6) is 3.64. The lowest BCUT2D eigenvalue weighted by atomic mass is 9.95. The molecule has 472 valence electrons. The standard InChI is InChI=1S/C29H40N6O4.C25H35N7O2.C6H15N.C3H5ClO2/c1-37-25(36)13-6-3-8-18-38-23-16-14-22(15-17-23)32-29-33-27(31-21-10-4-2-5-11-21)26-28(34-29)35(20-30-26)24-12-7-9-19-39-24;26-14-6-16-33-20-12-10-19(11-13-20)29-25-30-23(28-18-7-2-1-3-8-18)22-24(31-25)32(17-27-22)21-9-4-5-15-34-21;1-4-7(5-2)6-3;1-6-3(5)2-4/h14-17,20-21,24H,2-13,18-19H2,1H3,(H2,31,32,33,34);10-13,17-18,21H,1-9,14-16,26H2,(H2,28,29,30,31);4-6H2,1-3H3;2H2,1H3. The minimum absolute atomic E-state index is 0.0333. The number of fused-ring (bicyclic) bond motifs is 2. The van der Waals surface area contributed by atoms with Crippen LogP contribution in [-0.4, -0.2) is 141 Å². The molecule has 2 saturated heterocycles. The molecule has 0 radical (unpaired) electrons. The molecule has 2 aliphatic heterocycles. The summed E-state index contributed by atoms with van der Waals surface area (Å²) in [4.78, 5) is 52.2. The Balaban J connectivity index is 0.000000205. The highest BCUT2D eigenvalue weighted by Gasteiger charge is 2.25. The van der Waals surface area contributed by atoms with Gasteiger partial charge in [0, 0.05) is 43.1 Å². The minimum atomic E-state index is -0.392. The van der Waals surface area contributed by atoms with Gasteiger partial charge >= 0.3 is 11.9 Å². The van der Waals surface area contributed by atoms with E-state index < -0.39 is 5.97 Å². The number of unbranched alkanes of at least 4 members (excludes halogenated alkanes) is 2. The number of esters is 2. The van der Waals surface area contributed by atoms with Crippen LogP contribution in [0.4, 0.5) is 34.9 Å². The van der Waals surface area contributed by atoms with Gasteiger partial charge < -0.3 is 60.3 Å². The predicted octanol–water partition coefficient (Wildman–Crippen LogP) is 12.6. The molecule has 10 rings (SSSR count). The quantitative estimate of drug-likeness (QED) is 0.0203. The van der Waals surface area contributed by atoms with E-state index in [1.807, 2.05) is 61.2 Å². The number of hydrogen-bond acceptors (Lipinski definition) is 20. The Morgan fingerprint density at radius 2 is 1.02 bits per heavy atom. The van der Waals surface area contributed by atoms with Crippen LogP contribution in [0.5, 0.6) is 11.5 Å². The van der Waals surface area contributed by atoms with Crippen LogP contribution in [0.15, 0.2) is 61.2 Å². The van der Waals surface area contributed by atoms with E-state index in [1.165, 1.54) is 72.4 Å². The van der Waals surface area contributed by atoms with Gasteiger partial charge in [-0.2, -0.15) is 19.9 Å². The maximum Gasteiger partial charge on any atom is 0.320 e. The van der Waals surface area contributed by atoms with Gasteiger partial charge in [-0.3, -0.25) is 18.7 Å². The SMILES string of the molecule is CCN(CC)CC.COC(=O)CCCCCOc1ccc(Nc2nc(NC3CCCCC3)c3ncn(C4CCCCO4)c3n2)cc1.COC(=O)CCl.NCCCOc1ccc(Nc2nc(NC3CCCCC3)c3ncn(C4CCCCO4)c3n2)cc1. The third-order valence-corrected chi connectivity index (χ3v) is 15.9.